The average Bonchev–Trinajstić information content (AvgIpc) is 3.23. The predicted octanol–water partition coefficient (Wildman–Crippen LogP) is 4.68. The summed E-state index contributed by atoms with van der Waals surface area (Å²) in [5, 5.41) is 0. The molecule has 3 heteroatoms. The predicted molar refractivity (Wildman–Crippen MR) is 96.2 cm³/mol. The molecule has 0 aliphatic carbocycles. The average molecular weight is 325 g/mol. The normalized spacial score (nSPS) is 20.5. The molecule has 0 N–H and O–H groups in total. The van der Waals surface area contributed by atoms with E-state index in [9.17, 15) is 0 Å². The summed E-state index contributed by atoms with van der Waals surface area (Å²) < 4.78 is 5.76. The van der Waals surface area contributed by atoms with E-state index >= 15 is 0 Å². The molecule has 2 aromatic rings. The van der Waals surface area contributed by atoms with Crippen molar-refractivity contribution >= 4 is 11.8 Å². The molecule has 0 saturated carbocycles. The van der Waals surface area contributed by atoms with Crippen molar-refractivity contribution in [2.75, 3.05) is 19.4 Å². The van der Waals surface area contributed by atoms with Gasteiger partial charge in [-0.05, 0) is 60.5 Å². The minimum atomic E-state index is 0.532. The Balaban J connectivity index is 1.51. The second kappa shape index (κ2) is 6.58. The highest BCUT2D eigenvalue weighted by Gasteiger charge is 2.27. The molecule has 23 heavy (non-hydrogen) atoms. The number of rotatable bonds is 4. The Morgan fingerprint density at radius 3 is 2.87 bits per heavy atom. The van der Waals surface area contributed by atoms with E-state index in [1.807, 2.05) is 0 Å². The van der Waals surface area contributed by atoms with Gasteiger partial charge >= 0.3 is 0 Å². The molecule has 2 aliphatic heterocycles. The van der Waals surface area contributed by atoms with E-state index in [2.05, 4.69) is 53.6 Å². The van der Waals surface area contributed by atoms with Gasteiger partial charge in [0.1, 0.15) is 5.75 Å². The maximum Gasteiger partial charge on any atom is 0.122 e. The fourth-order valence-corrected chi connectivity index (χ4v) is 4.16. The van der Waals surface area contributed by atoms with Gasteiger partial charge in [0, 0.05) is 23.9 Å². The number of benzene rings is 2. The van der Waals surface area contributed by atoms with Crippen molar-refractivity contribution in [3.63, 3.8) is 0 Å². The van der Waals surface area contributed by atoms with Crippen molar-refractivity contribution < 1.29 is 4.74 Å². The van der Waals surface area contributed by atoms with Gasteiger partial charge in [0.15, 0.2) is 0 Å². The lowest BCUT2D eigenvalue weighted by molar-refractivity contribution is 0.248. The molecular formula is C20H23NOS. The van der Waals surface area contributed by atoms with Gasteiger partial charge in [-0.1, -0.05) is 24.3 Å². The number of ether oxygens (including phenoxy) is 1. The zero-order chi connectivity index (χ0) is 15.6. The lowest BCUT2D eigenvalue weighted by Gasteiger charge is -2.25. The quantitative estimate of drug-likeness (QED) is 0.757. The van der Waals surface area contributed by atoms with Crippen molar-refractivity contribution in [1.82, 2.24) is 4.90 Å². The number of hydrogen-bond acceptors (Lipinski definition) is 3. The Morgan fingerprint density at radius 2 is 2.04 bits per heavy atom. The summed E-state index contributed by atoms with van der Waals surface area (Å²) in [5.41, 5.74) is 4.20. The summed E-state index contributed by atoms with van der Waals surface area (Å²) in [6.45, 7) is 3.07. The number of likely N-dealkylation sites (tertiary alicyclic amines) is 1. The van der Waals surface area contributed by atoms with Gasteiger partial charge in [0.25, 0.3) is 0 Å². The Kier molecular flexibility index (Phi) is 4.32. The monoisotopic (exact) mass is 325 g/mol. The molecule has 2 aromatic carbocycles. The van der Waals surface area contributed by atoms with Crippen molar-refractivity contribution in [2.45, 2.75) is 36.7 Å². The molecule has 0 bridgehead atoms. The van der Waals surface area contributed by atoms with Gasteiger partial charge in [0.05, 0.1) is 6.61 Å². The van der Waals surface area contributed by atoms with E-state index in [4.69, 9.17) is 4.74 Å². The van der Waals surface area contributed by atoms with Crippen LogP contribution in [-0.2, 0) is 13.0 Å². The molecule has 2 aliphatic rings. The third-order valence-electron chi connectivity index (χ3n) is 5.01. The first-order valence-corrected chi connectivity index (χ1v) is 9.68. The van der Waals surface area contributed by atoms with E-state index in [1.165, 1.54) is 41.0 Å². The van der Waals surface area contributed by atoms with Crippen LogP contribution in [0, 0.1) is 0 Å². The molecule has 1 atom stereocenters. The largest absolute Gasteiger partial charge is 0.493 e. The Labute approximate surface area is 142 Å². The van der Waals surface area contributed by atoms with Gasteiger partial charge in [-0.2, -0.15) is 0 Å². The molecule has 1 fully saturated rings. The topological polar surface area (TPSA) is 12.5 Å². The van der Waals surface area contributed by atoms with Gasteiger partial charge < -0.3 is 4.74 Å². The molecule has 120 valence electrons. The van der Waals surface area contributed by atoms with E-state index in [0.29, 0.717) is 6.04 Å². The van der Waals surface area contributed by atoms with Crippen LogP contribution >= 0.6 is 11.8 Å². The lowest BCUT2D eigenvalue weighted by Crippen LogP contribution is -2.22. The third kappa shape index (κ3) is 3.13. The van der Waals surface area contributed by atoms with Crippen molar-refractivity contribution in [3.8, 4) is 5.75 Å². The summed E-state index contributed by atoms with van der Waals surface area (Å²) in [6, 6.07) is 16.4. The van der Waals surface area contributed by atoms with Gasteiger partial charge in [0.2, 0.25) is 0 Å². The molecule has 0 amide bonds. The summed E-state index contributed by atoms with van der Waals surface area (Å²) in [5.74, 6) is 1.11. The van der Waals surface area contributed by atoms with Crippen molar-refractivity contribution in [2.24, 2.45) is 0 Å². The standard InChI is InChI=1S/C20H23NOS/c1-23-18-8-4-15(5-9-18)14-21-11-2-3-19(21)17-7-6-16-10-12-22-20(16)13-17/h4-9,13,19H,2-3,10-12,14H2,1H3. The van der Waals surface area contributed by atoms with Gasteiger partial charge in [-0.3, -0.25) is 4.90 Å². The van der Waals surface area contributed by atoms with Crippen molar-refractivity contribution in [3.05, 3.63) is 59.2 Å². The maximum absolute atomic E-state index is 5.76. The molecule has 4 rings (SSSR count). The van der Waals surface area contributed by atoms with Crippen LogP contribution in [0.4, 0.5) is 0 Å². The third-order valence-corrected chi connectivity index (χ3v) is 5.76. The second-order valence-corrected chi connectivity index (χ2v) is 7.32. The first-order chi connectivity index (χ1) is 11.3. The number of hydrogen-bond donors (Lipinski definition) is 0. The highest BCUT2D eigenvalue weighted by molar-refractivity contribution is 7.98. The fraction of sp³-hybridized carbons (Fsp3) is 0.400. The van der Waals surface area contributed by atoms with Crippen LogP contribution < -0.4 is 4.74 Å². The van der Waals surface area contributed by atoms with Crippen LogP contribution in [0.2, 0.25) is 0 Å². The smallest absolute Gasteiger partial charge is 0.122 e. The zero-order valence-corrected chi connectivity index (χ0v) is 14.4. The van der Waals surface area contributed by atoms with E-state index in [1.54, 1.807) is 11.8 Å². The first-order valence-electron chi connectivity index (χ1n) is 8.46. The summed E-state index contributed by atoms with van der Waals surface area (Å²) in [6.07, 6.45) is 5.72. The van der Waals surface area contributed by atoms with E-state index in [0.717, 1.165) is 25.3 Å². The molecule has 1 unspecified atom stereocenters. The minimum absolute atomic E-state index is 0.532. The molecule has 0 spiro atoms. The highest BCUT2D eigenvalue weighted by atomic mass is 32.2. The minimum Gasteiger partial charge on any atom is -0.493 e. The maximum atomic E-state index is 5.76. The molecule has 0 radical (unpaired) electrons. The number of thioether (sulfide) groups is 1. The molecule has 2 heterocycles. The van der Waals surface area contributed by atoms with E-state index < -0.39 is 0 Å². The summed E-state index contributed by atoms with van der Waals surface area (Å²) in [7, 11) is 0. The van der Waals surface area contributed by atoms with Crippen LogP contribution in [0.15, 0.2) is 47.4 Å². The first kappa shape index (κ1) is 15.1. The van der Waals surface area contributed by atoms with Crippen LogP contribution in [0.5, 0.6) is 5.75 Å². The Hall–Kier alpha value is -1.45. The van der Waals surface area contributed by atoms with Crippen LogP contribution in [0.1, 0.15) is 35.6 Å². The molecule has 1 saturated heterocycles. The molecular weight excluding hydrogens is 302 g/mol. The van der Waals surface area contributed by atoms with Gasteiger partial charge in [-0.15, -0.1) is 11.8 Å². The summed E-state index contributed by atoms with van der Waals surface area (Å²) in [4.78, 5) is 3.95. The zero-order valence-electron chi connectivity index (χ0n) is 13.6. The van der Waals surface area contributed by atoms with Crippen molar-refractivity contribution in [1.29, 1.82) is 0 Å². The fourth-order valence-electron chi connectivity index (χ4n) is 3.75. The Morgan fingerprint density at radius 1 is 1.17 bits per heavy atom. The van der Waals surface area contributed by atoms with Crippen LogP contribution in [-0.4, -0.2) is 24.3 Å². The Bertz CT molecular complexity index is 683. The number of nitrogens with zero attached hydrogens (tertiary/aromatic N) is 1. The highest BCUT2D eigenvalue weighted by Crippen LogP contribution is 2.37. The molecule has 2 nitrogen and oxygen atoms in total. The van der Waals surface area contributed by atoms with Crippen LogP contribution in [0.3, 0.4) is 0 Å². The number of fused-ring (bicyclic) bond motifs is 1. The SMILES string of the molecule is CSc1ccc(CN2CCCC2c2ccc3c(c2)OCC3)cc1. The van der Waals surface area contributed by atoms with Crippen LogP contribution in [0.25, 0.3) is 0 Å². The second-order valence-electron chi connectivity index (χ2n) is 6.44. The van der Waals surface area contributed by atoms with E-state index in [-0.39, 0.29) is 0 Å². The van der Waals surface area contributed by atoms with Gasteiger partial charge in [-0.25, -0.2) is 0 Å². The summed E-state index contributed by atoms with van der Waals surface area (Å²) >= 11 is 1.80. The molecule has 0 aromatic heterocycles. The lowest BCUT2D eigenvalue weighted by atomic mass is 10.0.